The van der Waals surface area contributed by atoms with Gasteiger partial charge in [0.2, 0.25) is 11.8 Å². The summed E-state index contributed by atoms with van der Waals surface area (Å²) in [4.78, 5) is 128. The minimum absolute atomic E-state index is 0.0114. The van der Waals surface area contributed by atoms with E-state index < -0.39 is 69.2 Å². The summed E-state index contributed by atoms with van der Waals surface area (Å²) < 4.78 is 33.5. The van der Waals surface area contributed by atoms with Crippen LogP contribution in [-0.4, -0.2) is 147 Å². The Kier molecular flexibility index (Phi) is 22.2. The number of aromatic nitrogens is 2. The number of benzene rings is 2. The van der Waals surface area contributed by atoms with E-state index in [1.165, 1.54) is 39.1 Å². The van der Waals surface area contributed by atoms with E-state index in [-0.39, 0.29) is 126 Å². The van der Waals surface area contributed by atoms with E-state index in [9.17, 15) is 58.5 Å². The van der Waals surface area contributed by atoms with Crippen molar-refractivity contribution in [3.05, 3.63) is 62.5 Å². The maximum absolute atomic E-state index is 14.5. The largest absolute Gasteiger partial charge is 0.507 e. The number of rotatable bonds is 23. The van der Waals surface area contributed by atoms with E-state index in [1.54, 1.807) is 35.2 Å². The van der Waals surface area contributed by atoms with Gasteiger partial charge in [0.15, 0.2) is 11.6 Å². The summed E-state index contributed by atoms with van der Waals surface area (Å²) in [5.74, 6) is -0.231. The number of ether oxygens (including phenoxy) is 6. The van der Waals surface area contributed by atoms with Gasteiger partial charge in [0.05, 0.1) is 98.8 Å². The monoisotopic (exact) mass is 1410 g/mol. The second-order valence-corrected chi connectivity index (χ2v) is 32.3. The zero-order valence-corrected chi connectivity index (χ0v) is 60.6. The van der Waals surface area contributed by atoms with Crippen LogP contribution in [0.4, 0.5) is 0 Å². The predicted octanol–water partition coefficient (Wildman–Crippen LogP) is 11.7. The molecule has 2 unspecified atom stereocenters. The summed E-state index contributed by atoms with van der Waals surface area (Å²) in [6.07, 6.45) is 8.43. The number of aromatic hydroxyl groups is 1. The molecule has 8 aliphatic rings. The third kappa shape index (κ3) is 16.2. The van der Waals surface area contributed by atoms with E-state index in [0.29, 0.717) is 88.8 Å². The van der Waals surface area contributed by atoms with Gasteiger partial charge in [-0.25, -0.2) is 4.98 Å². The highest BCUT2D eigenvalue weighted by Crippen LogP contribution is 2.60. The van der Waals surface area contributed by atoms with E-state index in [2.05, 4.69) is 9.97 Å². The van der Waals surface area contributed by atoms with Crippen molar-refractivity contribution in [1.29, 1.82) is 0 Å². The first-order chi connectivity index (χ1) is 46.7. The molecule has 2 aromatic carbocycles. The number of nitrogens with one attached hydrogen (secondary N) is 1. The average Bonchev–Trinajstić information content (AvgIpc) is 1.60. The molecule has 16 atom stereocenters. The Hall–Kier alpha value is -7.04. The lowest BCUT2D eigenvalue weighted by Gasteiger charge is -2.35. The molecule has 6 aliphatic carbocycles. The molecular formula is C75H98Cl2N4O18. The van der Waals surface area contributed by atoms with Crippen LogP contribution in [0.5, 0.6) is 23.0 Å². The molecule has 4 aromatic rings. The number of H-pyrrole nitrogens is 1. The van der Waals surface area contributed by atoms with Crippen molar-refractivity contribution >= 4 is 92.3 Å². The van der Waals surface area contributed by atoms with Gasteiger partial charge in [0.1, 0.15) is 51.4 Å². The molecule has 99 heavy (non-hydrogen) atoms. The zero-order chi connectivity index (χ0) is 72.1. The number of esters is 3. The number of halogens is 2. The van der Waals surface area contributed by atoms with Crippen molar-refractivity contribution in [2.45, 2.75) is 202 Å². The lowest BCUT2D eigenvalue weighted by molar-refractivity contribution is -0.157. The van der Waals surface area contributed by atoms with E-state index >= 15 is 0 Å². The second-order valence-electron chi connectivity index (χ2n) is 31.5. The number of pyridine rings is 2. The molecule has 0 bridgehead atoms. The number of aromatic amines is 1. The van der Waals surface area contributed by atoms with Crippen LogP contribution >= 0.6 is 23.2 Å². The molecule has 0 spiro atoms. The standard InChI is InChI=1S/C37H47ClN2O9.C28H43NO6.C10H8ClNO3/c1-6-21-15-37(21,35(45)46)16-28(42)27-13-24(48-30-12-22(18-41)39-33-25(30)7-8-29(47-5)32(33)38)17-40(27)34(44)26(36(2,3)4)14-31(43)49-23-10-19-9-20(19)11-23;1-7-19-13-28(19,26(33)34-6)14-23(30)22-8-16(2)15-29(22)25(32)21(27(3,4)5)12-24(31)35-20-10-17-9-18(17)11-20;1-15-7-3-2-5-6(13)4-8(14)12-10(5)9(7)11/h7-8,12,19-21,23-24,26-27,41H,6,9-11,13-18H2,1-5H3,(H,45,46);16-22H,7-15H2,1-6H3;2-4H,1H3,(H2,12,13,14)/t19-,20+,21-,23?,24-,26-,27+,37-;16-,17-,18+,19+,20?,21+,22-,28+;/m10./s1. The van der Waals surface area contributed by atoms with Crippen LogP contribution in [0, 0.1) is 74.9 Å². The van der Waals surface area contributed by atoms with Crippen LogP contribution in [-0.2, 0) is 59.2 Å². The van der Waals surface area contributed by atoms with Gasteiger partial charge in [-0.3, -0.25) is 43.2 Å². The van der Waals surface area contributed by atoms with Crippen molar-refractivity contribution in [2.75, 3.05) is 34.4 Å². The molecule has 540 valence electrons. The molecule has 6 saturated carbocycles. The first-order valence-corrected chi connectivity index (χ1v) is 35.9. The molecule has 22 nitrogen and oxygen atoms in total. The summed E-state index contributed by atoms with van der Waals surface area (Å²) in [5.41, 5.74) is -2.32. The van der Waals surface area contributed by atoms with Gasteiger partial charge in [0, 0.05) is 48.7 Å². The first kappa shape index (κ1) is 74.6. The Morgan fingerprint density at radius 2 is 1.13 bits per heavy atom. The van der Waals surface area contributed by atoms with Crippen molar-refractivity contribution in [3.8, 4) is 23.0 Å². The molecule has 24 heteroatoms. The van der Waals surface area contributed by atoms with Gasteiger partial charge in [-0.15, -0.1) is 0 Å². The number of nitrogens with zero attached hydrogens (tertiary/aromatic N) is 3. The number of carbonyl (C=O) groups is 8. The normalized spacial score (nSPS) is 29.0. The molecule has 4 N–H and O–H groups in total. The highest BCUT2D eigenvalue weighted by molar-refractivity contribution is 6.37. The molecule has 8 fully saturated rings. The highest BCUT2D eigenvalue weighted by atomic mass is 35.5. The summed E-state index contributed by atoms with van der Waals surface area (Å²) in [7, 11) is 4.34. The molecule has 2 saturated heterocycles. The number of ketones is 2. The number of carbonyl (C=O) groups excluding carboxylic acids is 7. The molecule has 2 aromatic heterocycles. The number of hydrogen-bond donors (Lipinski definition) is 4. The quantitative estimate of drug-likeness (QED) is 0.0396. The SMILES string of the molecule is CC[C@@H]1C[C@]1(CC(=O)[C@@H]1C[C@@H](Oc2cc(CO)nc3c(Cl)c(OC)ccc23)CN1C(=O)[C@@H](CC(=O)OC1C[C@@H]2C[C@@H]2C1)C(C)(C)C)C(=O)O.CC[C@@H]1C[C@]1(CC(=O)[C@@H]1C[C@H](C)CN1C(=O)[C@@H](CC(=O)OC1C[C@@H]2C[C@@H]2C1)C(C)(C)C)C(=O)OC.COc1ccc2c(O)cc(=O)[nH]c2c1Cl. The minimum Gasteiger partial charge on any atom is -0.507 e. The van der Waals surface area contributed by atoms with E-state index in [4.69, 9.17) is 51.6 Å². The Morgan fingerprint density at radius 3 is 1.61 bits per heavy atom. The fourth-order valence-electron chi connectivity index (χ4n) is 16.4. The van der Waals surface area contributed by atoms with Crippen molar-refractivity contribution in [2.24, 2.45) is 74.9 Å². The summed E-state index contributed by atoms with van der Waals surface area (Å²) in [6, 6.07) is 7.89. The Balaban J connectivity index is 0.000000183. The third-order valence-corrected chi connectivity index (χ3v) is 23.4. The molecule has 4 heterocycles. The van der Waals surface area contributed by atoms with Crippen molar-refractivity contribution in [3.63, 3.8) is 0 Å². The molecule has 2 aliphatic heterocycles. The number of likely N-dealkylation sites (tertiary alicyclic amines) is 2. The third-order valence-electron chi connectivity index (χ3n) is 22.6. The van der Waals surface area contributed by atoms with Crippen molar-refractivity contribution in [1.82, 2.24) is 19.8 Å². The topological polar surface area (TPSA) is 305 Å². The van der Waals surface area contributed by atoms with Crippen LogP contribution in [0.2, 0.25) is 10.0 Å². The molecule has 12 rings (SSSR count). The number of carboxylic acid groups (broad SMARTS) is 1. The van der Waals surface area contributed by atoms with Crippen LogP contribution in [0.15, 0.2) is 41.2 Å². The van der Waals surface area contributed by atoms with Gasteiger partial charge in [-0.1, -0.05) is 98.4 Å². The van der Waals surface area contributed by atoms with E-state index in [1.807, 2.05) is 62.3 Å². The Morgan fingerprint density at radius 1 is 0.646 bits per heavy atom. The fraction of sp³-hybridized carbons (Fsp3) is 0.653. The lowest BCUT2D eigenvalue weighted by Crippen LogP contribution is -2.48. The van der Waals surface area contributed by atoms with Gasteiger partial charge in [-0.2, -0.15) is 0 Å². The fourth-order valence-corrected chi connectivity index (χ4v) is 17.0. The molecule has 0 radical (unpaired) electrons. The lowest BCUT2D eigenvalue weighted by atomic mass is 9.77. The average molecular weight is 1410 g/mol. The summed E-state index contributed by atoms with van der Waals surface area (Å²) >= 11 is 12.6. The number of aliphatic hydroxyl groups is 1. The predicted molar refractivity (Wildman–Crippen MR) is 368 cm³/mol. The zero-order valence-electron chi connectivity index (χ0n) is 59.0. The van der Waals surface area contributed by atoms with Crippen LogP contribution in [0.1, 0.15) is 171 Å². The number of aliphatic hydroxyl groups excluding tert-OH is 1. The van der Waals surface area contributed by atoms with Crippen LogP contribution in [0.3, 0.4) is 0 Å². The van der Waals surface area contributed by atoms with Gasteiger partial charge in [0.25, 0.3) is 5.56 Å². The van der Waals surface area contributed by atoms with Crippen molar-refractivity contribution < 1.29 is 82.1 Å². The number of amides is 2. The number of carboxylic acids is 1. The van der Waals surface area contributed by atoms with Gasteiger partial charge >= 0.3 is 23.9 Å². The number of aliphatic carboxylic acids is 1. The second kappa shape index (κ2) is 29.5. The summed E-state index contributed by atoms with van der Waals surface area (Å²) in [5, 5.41) is 31.2. The number of hydrogen-bond acceptors (Lipinski definition) is 18. The minimum atomic E-state index is -1.14. The van der Waals surface area contributed by atoms with Crippen LogP contribution < -0.4 is 19.8 Å². The Labute approximate surface area is 588 Å². The molecule has 2 amide bonds. The number of methoxy groups -OCH3 is 3. The van der Waals surface area contributed by atoms with Crippen LogP contribution in [0.25, 0.3) is 21.8 Å². The maximum Gasteiger partial charge on any atom is 0.312 e. The summed E-state index contributed by atoms with van der Waals surface area (Å²) in [6.45, 7) is 17.7. The molecular weight excluding hydrogens is 1320 g/mol. The van der Waals surface area contributed by atoms with E-state index in [0.717, 1.165) is 50.0 Å². The van der Waals surface area contributed by atoms with Gasteiger partial charge in [-0.05, 0) is 134 Å². The number of Topliss-reactive ketones (excluding diaryl/α,β-unsaturated/α-hetero) is 2. The first-order valence-electron chi connectivity index (χ1n) is 35.1. The maximum atomic E-state index is 14.5. The number of fused-ring (bicyclic) bond motifs is 4. The highest BCUT2D eigenvalue weighted by Gasteiger charge is 2.63. The Bertz CT molecular complexity index is 3820. The van der Waals surface area contributed by atoms with Gasteiger partial charge < -0.3 is 58.5 Å². The smallest absolute Gasteiger partial charge is 0.312 e.